The number of benzene rings is 1. The first-order valence-corrected chi connectivity index (χ1v) is 7.01. The van der Waals surface area contributed by atoms with Crippen LogP contribution in [0.2, 0.25) is 0 Å². The molecule has 0 unspecified atom stereocenters. The first-order chi connectivity index (χ1) is 8.92. The quantitative estimate of drug-likeness (QED) is 0.823. The standard InChI is InChI=1S/C16H26N2O/c1-5-17-12-13-8-6-7-9-14(13)18-15(19)10-11-16(2,3)4/h6-9,17H,5,10-12H2,1-4H3,(H,18,19). The third-order valence-corrected chi connectivity index (χ3v) is 2.96. The lowest BCUT2D eigenvalue weighted by atomic mass is 9.90. The van der Waals surface area contributed by atoms with Gasteiger partial charge in [-0.3, -0.25) is 4.79 Å². The smallest absolute Gasteiger partial charge is 0.224 e. The fourth-order valence-electron chi connectivity index (χ4n) is 1.76. The zero-order valence-electron chi connectivity index (χ0n) is 12.5. The summed E-state index contributed by atoms with van der Waals surface area (Å²) in [5.41, 5.74) is 2.25. The number of hydrogen-bond donors (Lipinski definition) is 2. The molecule has 0 heterocycles. The molecule has 19 heavy (non-hydrogen) atoms. The number of carbonyl (C=O) groups excluding carboxylic acids is 1. The van der Waals surface area contributed by atoms with Gasteiger partial charge in [0.1, 0.15) is 0 Å². The molecule has 3 heteroatoms. The van der Waals surface area contributed by atoms with Crippen molar-refractivity contribution in [1.82, 2.24) is 5.32 Å². The summed E-state index contributed by atoms with van der Waals surface area (Å²) in [6.07, 6.45) is 1.47. The lowest BCUT2D eigenvalue weighted by molar-refractivity contribution is -0.116. The van der Waals surface area contributed by atoms with Gasteiger partial charge in [-0.1, -0.05) is 45.9 Å². The number of amides is 1. The van der Waals surface area contributed by atoms with Crippen LogP contribution in [0.15, 0.2) is 24.3 Å². The Morgan fingerprint density at radius 2 is 1.89 bits per heavy atom. The van der Waals surface area contributed by atoms with Gasteiger partial charge in [-0.05, 0) is 30.0 Å². The molecule has 106 valence electrons. The second-order valence-corrected chi connectivity index (χ2v) is 6.05. The van der Waals surface area contributed by atoms with Crippen molar-refractivity contribution in [3.8, 4) is 0 Å². The largest absolute Gasteiger partial charge is 0.326 e. The Hall–Kier alpha value is -1.35. The van der Waals surface area contributed by atoms with Crippen LogP contribution in [-0.4, -0.2) is 12.5 Å². The molecule has 1 aromatic carbocycles. The summed E-state index contributed by atoms with van der Waals surface area (Å²) < 4.78 is 0. The Balaban J connectivity index is 2.58. The van der Waals surface area contributed by atoms with E-state index in [1.54, 1.807) is 0 Å². The fraction of sp³-hybridized carbons (Fsp3) is 0.562. The molecule has 0 radical (unpaired) electrons. The first-order valence-electron chi connectivity index (χ1n) is 7.01. The van der Waals surface area contributed by atoms with E-state index < -0.39 is 0 Å². The Morgan fingerprint density at radius 1 is 1.21 bits per heavy atom. The predicted octanol–water partition coefficient (Wildman–Crippen LogP) is 3.56. The number of hydrogen-bond acceptors (Lipinski definition) is 2. The maximum atomic E-state index is 12.0. The summed E-state index contributed by atoms with van der Waals surface area (Å²) in [6.45, 7) is 10.2. The molecule has 1 aromatic rings. The van der Waals surface area contributed by atoms with E-state index in [4.69, 9.17) is 0 Å². The normalized spacial score (nSPS) is 11.4. The van der Waals surface area contributed by atoms with Gasteiger partial charge < -0.3 is 10.6 Å². The second-order valence-electron chi connectivity index (χ2n) is 6.05. The highest BCUT2D eigenvalue weighted by atomic mass is 16.1. The molecule has 0 fully saturated rings. The zero-order chi connectivity index (χ0) is 14.3. The molecule has 0 bridgehead atoms. The summed E-state index contributed by atoms with van der Waals surface area (Å²) >= 11 is 0. The van der Waals surface area contributed by atoms with Gasteiger partial charge in [0, 0.05) is 18.7 Å². The Labute approximate surface area is 116 Å². The van der Waals surface area contributed by atoms with E-state index in [9.17, 15) is 4.79 Å². The van der Waals surface area contributed by atoms with Gasteiger partial charge in [-0.2, -0.15) is 0 Å². The van der Waals surface area contributed by atoms with Crippen molar-refractivity contribution in [3.63, 3.8) is 0 Å². The molecular weight excluding hydrogens is 236 g/mol. The molecule has 0 atom stereocenters. The van der Waals surface area contributed by atoms with Crippen LogP contribution in [0.4, 0.5) is 5.69 Å². The van der Waals surface area contributed by atoms with Crippen molar-refractivity contribution in [1.29, 1.82) is 0 Å². The lowest BCUT2D eigenvalue weighted by Crippen LogP contribution is -2.18. The molecule has 0 aliphatic carbocycles. The number of anilines is 1. The Morgan fingerprint density at radius 3 is 2.53 bits per heavy atom. The second kappa shape index (κ2) is 7.29. The van der Waals surface area contributed by atoms with Gasteiger partial charge >= 0.3 is 0 Å². The van der Waals surface area contributed by atoms with Gasteiger partial charge in [-0.15, -0.1) is 0 Å². The highest BCUT2D eigenvalue weighted by Gasteiger charge is 2.13. The molecule has 0 aliphatic rings. The van der Waals surface area contributed by atoms with E-state index in [-0.39, 0.29) is 11.3 Å². The number of carbonyl (C=O) groups is 1. The topological polar surface area (TPSA) is 41.1 Å². The third kappa shape index (κ3) is 6.39. The summed E-state index contributed by atoms with van der Waals surface area (Å²) in [5.74, 6) is 0.0962. The maximum Gasteiger partial charge on any atom is 0.224 e. The zero-order valence-corrected chi connectivity index (χ0v) is 12.5. The molecule has 2 N–H and O–H groups in total. The molecule has 1 rings (SSSR count). The Bertz CT molecular complexity index is 407. The van der Waals surface area contributed by atoms with Crippen LogP contribution in [0.3, 0.4) is 0 Å². The lowest BCUT2D eigenvalue weighted by Gasteiger charge is -2.18. The van der Waals surface area contributed by atoms with Crippen LogP contribution in [-0.2, 0) is 11.3 Å². The minimum Gasteiger partial charge on any atom is -0.326 e. The molecule has 0 spiro atoms. The van der Waals surface area contributed by atoms with Gasteiger partial charge in [0.25, 0.3) is 0 Å². The number of para-hydroxylation sites is 1. The first kappa shape index (κ1) is 15.7. The van der Waals surface area contributed by atoms with Crippen LogP contribution >= 0.6 is 0 Å². The monoisotopic (exact) mass is 262 g/mol. The van der Waals surface area contributed by atoms with Crippen molar-refractivity contribution in [3.05, 3.63) is 29.8 Å². The summed E-state index contributed by atoms with van der Waals surface area (Å²) in [7, 11) is 0. The van der Waals surface area contributed by atoms with E-state index in [1.165, 1.54) is 0 Å². The SMILES string of the molecule is CCNCc1ccccc1NC(=O)CCC(C)(C)C. The molecule has 1 amide bonds. The number of rotatable bonds is 6. The van der Waals surface area contributed by atoms with E-state index in [1.807, 2.05) is 24.3 Å². The minimum absolute atomic E-state index is 0.0962. The van der Waals surface area contributed by atoms with Gasteiger partial charge in [-0.25, -0.2) is 0 Å². The Kier molecular flexibility index (Phi) is 6.03. The summed E-state index contributed by atoms with van der Waals surface area (Å²) in [4.78, 5) is 12.0. The van der Waals surface area contributed by atoms with Crippen molar-refractivity contribution < 1.29 is 4.79 Å². The van der Waals surface area contributed by atoms with Crippen molar-refractivity contribution in [2.24, 2.45) is 5.41 Å². The van der Waals surface area contributed by atoms with Crippen molar-refractivity contribution in [2.75, 3.05) is 11.9 Å². The highest BCUT2D eigenvalue weighted by molar-refractivity contribution is 5.91. The van der Waals surface area contributed by atoms with E-state index in [2.05, 4.69) is 38.3 Å². The highest BCUT2D eigenvalue weighted by Crippen LogP contribution is 2.21. The predicted molar refractivity (Wildman–Crippen MR) is 81.1 cm³/mol. The molecule has 0 aromatic heterocycles. The average Bonchev–Trinajstić information content (AvgIpc) is 2.34. The summed E-state index contributed by atoms with van der Waals surface area (Å²) in [6, 6.07) is 7.95. The van der Waals surface area contributed by atoms with Crippen LogP contribution in [0, 0.1) is 5.41 Å². The van der Waals surface area contributed by atoms with Crippen molar-refractivity contribution in [2.45, 2.75) is 47.1 Å². The maximum absolute atomic E-state index is 12.0. The van der Waals surface area contributed by atoms with Crippen LogP contribution in [0.25, 0.3) is 0 Å². The van der Waals surface area contributed by atoms with Gasteiger partial charge in [0.15, 0.2) is 0 Å². The van der Waals surface area contributed by atoms with Crippen LogP contribution in [0.5, 0.6) is 0 Å². The molecule has 3 nitrogen and oxygen atoms in total. The van der Waals surface area contributed by atoms with E-state index >= 15 is 0 Å². The van der Waals surface area contributed by atoms with Crippen LogP contribution < -0.4 is 10.6 Å². The summed E-state index contributed by atoms with van der Waals surface area (Å²) in [5, 5.41) is 6.30. The van der Waals surface area contributed by atoms with Gasteiger partial charge in [0.05, 0.1) is 0 Å². The molecular formula is C16H26N2O. The van der Waals surface area contributed by atoms with Crippen molar-refractivity contribution >= 4 is 11.6 Å². The molecule has 0 aliphatic heterocycles. The van der Waals surface area contributed by atoms with Crippen LogP contribution in [0.1, 0.15) is 46.1 Å². The van der Waals surface area contributed by atoms with E-state index in [0.717, 1.165) is 30.8 Å². The number of nitrogens with one attached hydrogen (secondary N) is 2. The fourth-order valence-corrected chi connectivity index (χ4v) is 1.76. The molecule has 0 saturated heterocycles. The molecule has 0 saturated carbocycles. The van der Waals surface area contributed by atoms with E-state index in [0.29, 0.717) is 6.42 Å². The third-order valence-electron chi connectivity index (χ3n) is 2.96. The average molecular weight is 262 g/mol. The minimum atomic E-state index is 0.0962. The van der Waals surface area contributed by atoms with Gasteiger partial charge in [0.2, 0.25) is 5.91 Å².